The lowest BCUT2D eigenvalue weighted by atomic mass is 9.48. The van der Waals surface area contributed by atoms with Crippen LogP contribution < -0.4 is 10.2 Å². The molecule has 1 N–H and O–H groups in total. The molecule has 7 heteroatoms. The van der Waals surface area contributed by atoms with E-state index in [9.17, 15) is 14.9 Å². The number of piperazine rings is 1. The third kappa shape index (κ3) is 5.08. The molecule has 4 aliphatic carbocycles. The van der Waals surface area contributed by atoms with Crippen molar-refractivity contribution in [2.24, 2.45) is 23.2 Å². The van der Waals surface area contributed by atoms with E-state index in [0.717, 1.165) is 29.0 Å². The van der Waals surface area contributed by atoms with Gasteiger partial charge in [-0.05, 0) is 104 Å². The first-order valence-electron chi connectivity index (χ1n) is 15.2. The van der Waals surface area contributed by atoms with Gasteiger partial charge in [0.05, 0.1) is 4.92 Å². The number of hydrogen-bond acceptors (Lipinski definition) is 5. The lowest BCUT2D eigenvalue weighted by molar-refractivity contribution is -0.384. The van der Waals surface area contributed by atoms with E-state index in [1.54, 1.807) is 6.07 Å². The van der Waals surface area contributed by atoms with Crippen molar-refractivity contribution >= 4 is 23.0 Å². The zero-order valence-electron chi connectivity index (χ0n) is 24.5. The van der Waals surface area contributed by atoms with Gasteiger partial charge >= 0.3 is 0 Å². The summed E-state index contributed by atoms with van der Waals surface area (Å²) in [5, 5.41) is 15.6. The SMILES string of the molecule is CC(Nc1cc(N2CCN(C(=O)c3ccc(C(C)(C)C)cc3)CC2)ccc1[N+](=O)[O-])C12CC3CC(CC(C3)C1)C2. The molecule has 5 aliphatic rings. The third-order valence-electron chi connectivity index (χ3n) is 10.5. The molecule has 4 bridgehead atoms. The van der Waals surface area contributed by atoms with Crippen molar-refractivity contribution < 1.29 is 9.72 Å². The van der Waals surface area contributed by atoms with Crippen LogP contribution in [0.1, 0.15) is 82.1 Å². The number of anilines is 2. The largest absolute Gasteiger partial charge is 0.376 e. The molecule has 0 radical (unpaired) electrons. The molecule has 0 spiro atoms. The number of amides is 1. The van der Waals surface area contributed by atoms with Crippen LogP contribution in [0.25, 0.3) is 0 Å². The average molecular weight is 545 g/mol. The number of carbonyl (C=O) groups excluding carboxylic acids is 1. The van der Waals surface area contributed by atoms with Gasteiger partial charge in [-0.1, -0.05) is 32.9 Å². The number of nitrogens with one attached hydrogen (secondary N) is 1. The second-order valence-corrected chi connectivity index (χ2v) is 14.2. The highest BCUT2D eigenvalue weighted by Gasteiger charge is 2.53. The summed E-state index contributed by atoms with van der Waals surface area (Å²) in [5.41, 5.74) is 4.01. The van der Waals surface area contributed by atoms with Gasteiger partial charge in [0.25, 0.3) is 11.6 Å². The first-order chi connectivity index (χ1) is 19.0. The number of nitrogens with zero attached hydrogens (tertiary/aromatic N) is 3. The van der Waals surface area contributed by atoms with Crippen molar-refractivity contribution in [3.63, 3.8) is 0 Å². The Hall–Kier alpha value is -3.09. The zero-order valence-corrected chi connectivity index (χ0v) is 24.5. The van der Waals surface area contributed by atoms with E-state index >= 15 is 0 Å². The highest BCUT2D eigenvalue weighted by Crippen LogP contribution is 2.61. The minimum absolute atomic E-state index is 0.0543. The molecule has 214 valence electrons. The van der Waals surface area contributed by atoms with Crippen LogP contribution in [0.15, 0.2) is 42.5 Å². The molecule has 1 atom stereocenters. The molecule has 7 nitrogen and oxygen atoms in total. The number of hydrogen-bond donors (Lipinski definition) is 1. The minimum atomic E-state index is -0.264. The lowest BCUT2D eigenvalue weighted by Crippen LogP contribution is -2.53. The molecule has 1 saturated heterocycles. The Morgan fingerprint density at radius 3 is 2.05 bits per heavy atom. The maximum absolute atomic E-state index is 13.2. The number of nitro benzene ring substituents is 1. The van der Waals surface area contributed by atoms with Gasteiger partial charge in [-0.2, -0.15) is 0 Å². The van der Waals surface area contributed by atoms with E-state index in [1.165, 1.54) is 44.1 Å². The maximum atomic E-state index is 13.2. The van der Waals surface area contributed by atoms with Gasteiger partial charge in [0, 0.05) is 49.5 Å². The Labute approximate surface area is 238 Å². The first kappa shape index (κ1) is 27.1. The molecule has 4 saturated carbocycles. The molecule has 5 fully saturated rings. The zero-order chi connectivity index (χ0) is 28.2. The first-order valence-corrected chi connectivity index (χ1v) is 15.2. The van der Waals surface area contributed by atoms with E-state index < -0.39 is 0 Å². The number of benzene rings is 2. The number of nitro groups is 1. The average Bonchev–Trinajstić information content (AvgIpc) is 2.91. The van der Waals surface area contributed by atoms with Crippen LogP contribution in [0.5, 0.6) is 0 Å². The second kappa shape index (κ2) is 10.1. The number of carbonyl (C=O) groups is 1. The summed E-state index contributed by atoms with van der Waals surface area (Å²) in [4.78, 5) is 29.1. The second-order valence-electron chi connectivity index (χ2n) is 14.2. The fourth-order valence-electron chi connectivity index (χ4n) is 8.55. The molecular weight excluding hydrogens is 500 g/mol. The summed E-state index contributed by atoms with van der Waals surface area (Å²) in [6.45, 7) is 11.4. The van der Waals surface area contributed by atoms with Gasteiger partial charge in [0.1, 0.15) is 5.69 Å². The van der Waals surface area contributed by atoms with E-state index in [2.05, 4.69) is 50.0 Å². The molecule has 0 aromatic heterocycles. The quantitative estimate of drug-likeness (QED) is 0.317. The summed E-state index contributed by atoms with van der Waals surface area (Å²) in [7, 11) is 0. The van der Waals surface area contributed by atoms with E-state index in [0.29, 0.717) is 31.9 Å². The summed E-state index contributed by atoms with van der Waals surface area (Å²) in [6.07, 6.45) is 7.94. The molecule has 2 aromatic rings. The maximum Gasteiger partial charge on any atom is 0.292 e. The van der Waals surface area contributed by atoms with Crippen molar-refractivity contribution in [2.75, 3.05) is 36.4 Å². The van der Waals surface area contributed by atoms with Crippen molar-refractivity contribution in [1.29, 1.82) is 0 Å². The highest BCUT2D eigenvalue weighted by molar-refractivity contribution is 5.94. The predicted octanol–water partition coefficient (Wildman–Crippen LogP) is 6.87. The smallest absolute Gasteiger partial charge is 0.292 e. The molecule has 7 rings (SSSR count). The topological polar surface area (TPSA) is 78.7 Å². The summed E-state index contributed by atoms with van der Waals surface area (Å²) >= 11 is 0. The van der Waals surface area contributed by atoms with E-state index in [1.807, 2.05) is 29.2 Å². The fraction of sp³-hybridized carbons (Fsp3) is 0.606. The Kier molecular flexibility index (Phi) is 6.82. The molecule has 1 unspecified atom stereocenters. The standard InChI is InChI=1S/C33H44N4O3/c1-22(33-19-23-15-24(20-33)17-25(16-23)21-33)34-29-18-28(9-10-30(29)37(39)40)35-11-13-36(14-12-35)31(38)26-5-7-27(8-6-26)32(2,3)4/h5-10,18,22-25,34H,11-17,19-21H2,1-4H3. The van der Waals surface area contributed by atoms with Crippen LogP contribution in [0.3, 0.4) is 0 Å². The van der Waals surface area contributed by atoms with Gasteiger partial charge in [0.15, 0.2) is 0 Å². The third-order valence-corrected chi connectivity index (χ3v) is 10.5. The molecule has 40 heavy (non-hydrogen) atoms. The Morgan fingerprint density at radius 1 is 0.950 bits per heavy atom. The van der Waals surface area contributed by atoms with Gasteiger partial charge < -0.3 is 15.1 Å². The van der Waals surface area contributed by atoms with E-state index in [4.69, 9.17) is 0 Å². The molecule has 1 heterocycles. The predicted molar refractivity (Wildman–Crippen MR) is 160 cm³/mol. The van der Waals surface area contributed by atoms with Crippen LogP contribution in [0, 0.1) is 33.3 Å². The highest BCUT2D eigenvalue weighted by atomic mass is 16.6. The Bertz CT molecular complexity index is 1240. The molecule has 2 aromatic carbocycles. The fourth-order valence-corrected chi connectivity index (χ4v) is 8.55. The van der Waals surface area contributed by atoms with E-state index in [-0.39, 0.29) is 33.4 Å². The van der Waals surface area contributed by atoms with Gasteiger partial charge in [-0.25, -0.2) is 0 Å². The van der Waals surface area contributed by atoms with Crippen molar-refractivity contribution in [3.05, 3.63) is 63.7 Å². The molecule has 1 aliphatic heterocycles. The summed E-state index contributed by atoms with van der Waals surface area (Å²) in [6, 6.07) is 13.7. The molecule has 1 amide bonds. The van der Waals surface area contributed by atoms with Gasteiger partial charge in [-0.15, -0.1) is 0 Å². The minimum Gasteiger partial charge on any atom is -0.376 e. The van der Waals surface area contributed by atoms with Gasteiger partial charge in [-0.3, -0.25) is 14.9 Å². The van der Waals surface area contributed by atoms with Crippen LogP contribution in [-0.2, 0) is 5.41 Å². The summed E-state index contributed by atoms with van der Waals surface area (Å²) in [5.74, 6) is 2.59. The Balaban J connectivity index is 1.14. The van der Waals surface area contributed by atoms with Crippen molar-refractivity contribution in [3.8, 4) is 0 Å². The molecular formula is C33H44N4O3. The Morgan fingerprint density at radius 2 is 1.52 bits per heavy atom. The van der Waals surface area contributed by atoms with Crippen LogP contribution in [0.4, 0.5) is 17.1 Å². The summed E-state index contributed by atoms with van der Waals surface area (Å²) < 4.78 is 0. The monoisotopic (exact) mass is 544 g/mol. The number of rotatable bonds is 6. The normalized spacial score (nSPS) is 28.4. The lowest BCUT2D eigenvalue weighted by Gasteiger charge is -2.59. The van der Waals surface area contributed by atoms with Crippen LogP contribution in [-0.4, -0.2) is 48.0 Å². The van der Waals surface area contributed by atoms with Crippen LogP contribution in [0.2, 0.25) is 0 Å². The van der Waals surface area contributed by atoms with Crippen LogP contribution >= 0.6 is 0 Å². The van der Waals surface area contributed by atoms with Crippen molar-refractivity contribution in [1.82, 2.24) is 4.90 Å². The van der Waals surface area contributed by atoms with Crippen molar-refractivity contribution in [2.45, 2.75) is 77.7 Å². The van der Waals surface area contributed by atoms with Gasteiger partial charge in [0.2, 0.25) is 0 Å².